The molecule has 2 atom stereocenters. The third-order valence-corrected chi connectivity index (χ3v) is 2.77. The van der Waals surface area contributed by atoms with Crippen LogP contribution in [0.4, 0.5) is 0 Å². The number of hydrazine groups is 1. The minimum Gasteiger partial charge on any atom is -0.378 e. The molecule has 84 valence electrons. The first-order valence-electron chi connectivity index (χ1n) is 5.33. The standard InChI is InChI=1S/C9H17N5O/c10-13-8(9-11-6-12-14-9)4-3-7-2-1-5-15-7/h6-8,13H,1-5,10H2,(H,11,12,14). The normalized spacial score (nSPS) is 23.1. The summed E-state index contributed by atoms with van der Waals surface area (Å²) in [6.45, 7) is 0.897. The number of nitrogens with two attached hydrogens (primary N) is 1. The van der Waals surface area contributed by atoms with E-state index in [0.717, 1.165) is 31.7 Å². The van der Waals surface area contributed by atoms with E-state index >= 15 is 0 Å². The Morgan fingerprint density at radius 1 is 1.73 bits per heavy atom. The Labute approximate surface area is 88.6 Å². The first-order chi connectivity index (χ1) is 7.40. The van der Waals surface area contributed by atoms with Gasteiger partial charge in [0.25, 0.3) is 0 Å². The third-order valence-electron chi connectivity index (χ3n) is 2.77. The lowest BCUT2D eigenvalue weighted by molar-refractivity contribution is 0.0993. The van der Waals surface area contributed by atoms with Crippen LogP contribution >= 0.6 is 0 Å². The fourth-order valence-electron chi connectivity index (χ4n) is 1.91. The van der Waals surface area contributed by atoms with Crippen molar-refractivity contribution in [3.05, 3.63) is 12.2 Å². The van der Waals surface area contributed by atoms with Gasteiger partial charge in [0.15, 0.2) is 0 Å². The van der Waals surface area contributed by atoms with Gasteiger partial charge in [-0.25, -0.2) is 10.4 Å². The summed E-state index contributed by atoms with van der Waals surface area (Å²) < 4.78 is 5.55. The van der Waals surface area contributed by atoms with Gasteiger partial charge in [-0.3, -0.25) is 10.9 Å². The van der Waals surface area contributed by atoms with Crippen LogP contribution in [0.15, 0.2) is 6.33 Å². The van der Waals surface area contributed by atoms with E-state index in [-0.39, 0.29) is 6.04 Å². The van der Waals surface area contributed by atoms with Crippen LogP contribution in [0.25, 0.3) is 0 Å². The van der Waals surface area contributed by atoms with Crippen LogP contribution in [-0.4, -0.2) is 27.9 Å². The van der Waals surface area contributed by atoms with Crippen LogP contribution in [0.5, 0.6) is 0 Å². The highest BCUT2D eigenvalue weighted by Crippen LogP contribution is 2.21. The summed E-state index contributed by atoms with van der Waals surface area (Å²) in [5, 5.41) is 6.63. The smallest absolute Gasteiger partial charge is 0.142 e. The van der Waals surface area contributed by atoms with Gasteiger partial charge in [-0.2, -0.15) is 5.10 Å². The van der Waals surface area contributed by atoms with E-state index in [9.17, 15) is 0 Å². The predicted octanol–water partition coefficient (Wildman–Crippen LogP) is 0.268. The Hall–Kier alpha value is -0.980. The second-order valence-electron chi connectivity index (χ2n) is 3.80. The summed E-state index contributed by atoms with van der Waals surface area (Å²) in [7, 11) is 0. The van der Waals surface area contributed by atoms with Crippen LogP contribution in [-0.2, 0) is 4.74 Å². The maximum Gasteiger partial charge on any atom is 0.142 e. The first-order valence-corrected chi connectivity index (χ1v) is 5.33. The van der Waals surface area contributed by atoms with E-state index in [0.29, 0.717) is 6.10 Å². The number of hydrogen-bond donors (Lipinski definition) is 3. The lowest BCUT2D eigenvalue weighted by atomic mass is 10.1. The molecule has 2 rings (SSSR count). The maximum atomic E-state index is 5.55. The molecule has 0 bridgehead atoms. The van der Waals surface area contributed by atoms with Gasteiger partial charge in [-0.05, 0) is 25.7 Å². The van der Waals surface area contributed by atoms with Crippen molar-refractivity contribution >= 4 is 0 Å². The first kappa shape index (κ1) is 10.5. The molecule has 2 unspecified atom stereocenters. The van der Waals surface area contributed by atoms with Crippen LogP contribution in [0, 0.1) is 0 Å². The molecule has 1 fully saturated rings. The van der Waals surface area contributed by atoms with E-state index in [1.807, 2.05) is 0 Å². The van der Waals surface area contributed by atoms with E-state index < -0.39 is 0 Å². The van der Waals surface area contributed by atoms with Crippen molar-refractivity contribution < 1.29 is 4.74 Å². The maximum absolute atomic E-state index is 5.55. The molecule has 2 heterocycles. The van der Waals surface area contributed by atoms with Crippen molar-refractivity contribution in [3.63, 3.8) is 0 Å². The Balaban J connectivity index is 1.80. The summed E-state index contributed by atoms with van der Waals surface area (Å²) in [4.78, 5) is 4.08. The molecule has 4 N–H and O–H groups in total. The second kappa shape index (κ2) is 5.20. The summed E-state index contributed by atoms with van der Waals surface area (Å²) >= 11 is 0. The van der Waals surface area contributed by atoms with Crippen molar-refractivity contribution in [1.29, 1.82) is 0 Å². The van der Waals surface area contributed by atoms with Gasteiger partial charge < -0.3 is 4.74 Å². The van der Waals surface area contributed by atoms with E-state index in [1.54, 1.807) is 0 Å². The minimum absolute atomic E-state index is 0.0386. The summed E-state index contributed by atoms with van der Waals surface area (Å²) in [6, 6.07) is 0.0386. The van der Waals surface area contributed by atoms with Crippen LogP contribution < -0.4 is 11.3 Å². The fraction of sp³-hybridized carbons (Fsp3) is 0.778. The molecule has 1 aliphatic heterocycles. The molecule has 6 heteroatoms. The van der Waals surface area contributed by atoms with E-state index in [4.69, 9.17) is 10.6 Å². The Kier molecular flexibility index (Phi) is 3.65. The van der Waals surface area contributed by atoms with Gasteiger partial charge in [-0.1, -0.05) is 0 Å². The summed E-state index contributed by atoms with van der Waals surface area (Å²) in [5.41, 5.74) is 2.74. The van der Waals surface area contributed by atoms with Crippen molar-refractivity contribution in [2.75, 3.05) is 6.61 Å². The number of H-pyrrole nitrogens is 1. The number of aromatic nitrogens is 3. The number of ether oxygens (including phenoxy) is 1. The van der Waals surface area contributed by atoms with Gasteiger partial charge in [0.05, 0.1) is 12.1 Å². The van der Waals surface area contributed by atoms with Crippen molar-refractivity contribution in [3.8, 4) is 0 Å². The minimum atomic E-state index is 0.0386. The van der Waals surface area contributed by atoms with Gasteiger partial charge >= 0.3 is 0 Å². The highest BCUT2D eigenvalue weighted by Gasteiger charge is 2.19. The third kappa shape index (κ3) is 2.74. The topological polar surface area (TPSA) is 88.8 Å². The molecule has 6 nitrogen and oxygen atoms in total. The molecule has 0 radical (unpaired) electrons. The molecule has 0 aromatic carbocycles. The molecule has 1 aliphatic rings. The van der Waals surface area contributed by atoms with Crippen molar-refractivity contribution in [2.24, 2.45) is 5.84 Å². The number of aromatic amines is 1. The van der Waals surface area contributed by atoms with Crippen LogP contribution in [0.2, 0.25) is 0 Å². The zero-order valence-electron chi connectivity index (χ0n) is 8.65. The number of nitrogens with one attached hydrogen (secondary N) is 2. The monoisotopic (exact) mass is 211 g/mol. The second-order valence-corrected chi connectivity index (χ2v) is 3.80. The molecule has 0 spiro atoms. The number of hydrogen-bond acceptors (Lipinski definition) is 5. The van der Waals surface area contributed by atoms with E-state index in [1.165, 1.54) is 12.7 Å². The highest BCUT2D eigenvalue weighted by molar-refractivity contribution is 4.90. The molecular formula is C9H17N5O. The Morgan fingerprint density at radius 2 is 2.67 bits per heavy atom. The summed E-state index contributed by atoms with van der Waals surface area (Å²) in [5.74, 6) is 6.26. The molecule has 1 aromatic rings. The molecular weight excluding hydrogens is 194 g/mol. The Morgan fingerprint density at radius 3 is 3.27 bits per heavy atom. The zero-order chi connectivity index (χ0) is 10.5. The number of nitrogens with zero attached hydrogens (tertiary/aromatic N) is 2. The average Bonchev–Trinajstić information content (AvgIpc) is 2.90. The highest BCUT2D eigenvalue weighted by atomic mass is 16.5. The molecule has 1 aromatic heterocycles. The molecule has 0 saturated carbocycles. The SMILES string of the molecule is NNC(CCC1CCCO1)c1ncn[nH]1. The molecule has 0 aliphatic carbocycles. The van der Waals surface area contributed by atoms with Gasteiger partial charge in [0, 0.05) is 6.61 Å². The van der Waals surface area contributed by atoms with Gasteiger partial charge in [-0.15, -0.1) is 0 Å². The lowest BCUT2D eigenvalue weighted by Crippen LogP contribution is -2.29. The van der Waals surface area contributed by atoms with Crippen molar-refractivity contribution in [1.82, 2.24) is 20.6 Å². The van der Waals surface area contributed by atoms with Crippen LogP contribution in [0.1, 0.15) is 37.5 Å². The fourth-order valence-corrected chi connectivity index (χ4v) is 1.91. The predicted molar refractivity (Wildman–Crippen MR) is 54.7 cm³/mol. The molecule has 0 amide bonds. The zero-order valence-corrected chi connectivity index (χ0v) is 8.65. The average molecular weight is 211 g/mol. The molecule has 1 saturated heterocycles. The van der Waals surface area contributed by atoms with Gasteiger partial charge in [0.2, 0.25) is 0 Å². The molecule has 15 heavy (non-hydrogen) atoms. The Bertz CT molecular complexity index is 270. The number of rotatable bonds is 5. The van der Waals surface area contributed by atoms with Crippen molar-refractivity contribution in [2.45, 2.75) is 37.8 Å². The lowest BCUT2D eigenvalue weighted by Gasteiger charge is -2.15. The van der Waals surface area contributed by atoms with Crippen LogP contribution in [0.3, 0.4) is 0 Å². The summed E-state index contributed by atoms with van der Waals surface area (Å²) in [6.07, 6.45) is 6.14. The van der Waals surface area contributed by atoms with Gasteiger partial charge in [0.1, 0.15) is 12.2 Å². The quantitative estimate of drug-likeness (QED) is 0.480. The largest absolute Gasteiger partial charge is 0.378 e. The van der Waals surface area contributed by atoms with E-state index in [2.05, 4.69) is 20.6 Å².